The molecular weight excluding hydrogens is 320 g/mol. The molecule has 2 amide bonds. The molecule has 3 nitrogen and oxygen atoms in total. The van der Waals surface area contributed by atoms with Gasteiger partial charge < -0.3 is 9.80 Å². The van der Waals surface area contributed by atoms with Crippen molar-refractivity contribution in [2.24, 2.45) is 5.41 Å². The fraction of sp³-hybridized carbons (Fsp3) is 0.696. The van der Waals surface area contributed by atoms with Gasteiger partial charge in [0.1, 0.15) is 0 Å². The molecule has 3 heteroatoms. The number of rotatable bonds is 0. The molecule has 3 heterocycles. The number of hydrogen-bond donors (Lipinski definition) is 0. The summed E-state index contributed by atoms with van der Waals surface area (Å²) < 4.78 is 0. The maximum Gasteiger partial charge on any atom is 0.320 e. The van der Waals surface area contributed by atoms with Crippen molar-refractivity contribution in [3.8, 4) is 0 Å². The van der Waals surface area contributed by atoms with Crippen LogP contribution < -0.4 is 0 Å². The van der Waals surface area contributed by atoms with E-state index in [0.717, 1.165) is 19.4 Å². The minimum absolute atomic E-state index is 0.101. The second-order valence-corrected chi connectivity index (χ2v) is 9.88. The van der Waals surface area contributed by atoms with Crippen molar-refractivity contribution in [3.05, 3.63) is 35.4 Å². The Morgan fingerprint density at radius 3 is 2.46 bits per heavy atom. The monoisotopic (exact) mass is 352 g/mol. The molecule has 4 aliphatic rings. The number of benzene rings is 1. The molecule has 0 saturated carbocycles. The van der Waals surface area contributed by atoms with Crippen LogP contribution in [-0.4, -0.2) is 40.5 Å². The highest BCUT2D eigenvalue weighted by atomic mass is 16.2. The molecule has 1 aromatic carbocycles. The molecule has 5 rings (SSSR count). The van der Waals surface area contributed by atoms with Crippen LogP contribution in [0.4, 0.5) is 4.79 Å². The van der Waals surface area contributed by atoms with Gasteiger partial charge in [0.2, 0.25) is 0 Å². The summed E-state index contributed by atoms with van der Waals surface area (Å²) in [5.74, 6) is 0. The van der Waals surface area contributed by atoms with Gasteiger partial charge in [-0.2, -0.15) is 0 Å². The minimum Gasteiger partial charge on any atom is -0.321 e. The molecule has 1 aromatic rings. The topological polar surface area (TPSA) is 23.6 Å². The van der Waals surface area contributed by atoms with Crippen LogP contribution in [0.3, 0.4) is 0 Å². The van der Waals surface area contributed by atoms with Crippen molar-refractivity contribution < 1.29 is 4.79 Å². The molecule has 26 heavy (non-hydrogen) atoms. The van der Waals surface area contributed by atoms with E-state index >= 15 is 0 Å². The maximum absolute atomic E-state index is 13.7. The first-order chi connectivity index (χ1) is 12.4. The molecule has 4 atom stereocenters. The van der Waals surface area contributed by atoms with E-state index in [0.29, 0.717) is 24.2 Å². The molecule has 0 spiro atoms. The summed E-state index contributed by atoms with van der Waals surface area (Å²) in [4.78, 5) is 18.2. The number of hydrogen-bond acceptors (Lipinski definition) is 1. The fourth-order valence-electron chi connectivity index (χ4n) is 6.68. The van der Waals surface area contributed by atoms with Gasteiger partial charge in [-0.1, -0.05) is 45.0 Å². The zero-order chi connectivity index (χ0) is 18.1. The van der Waals surface area contributed by atoms with E-state index in [-0.39, 0.29) is 10.8 Å². The van der Waals surface area contributed by atoms with Gasteiger partial charge in [-0.05, 0) is 61.5 Å². The highest BCUT2D eigenvalue weighted by Gasteiger charge is 2.57. The number of likely N-dealkylation sites (tertiary alicyclic amines) is 1. The van der Waals surface area contributed by atoms with E-state index in [1.807, 2.05) is 0 Å². The van der Waals surface area contributed by atoms with Crippen LogP contribution in [0.2, 0.25) is 0 Å². The SMILES string of the molecule is CC12CCN(C(=O)N3C4CCCC3CC4)C(Cc3ccccc31)C2(C)C. The Balaban J connectivity index is 1.51. The van der Waals surface area contributed by atoms with Crippen molar-refractivity contribution in [2.75, 3.05) is 6.54 Å². The first-order valence-electron chi connectivity index (χ1n) is 10.6. The first-order valence-corrected chi connectivity index (χ1v) is 10.6. The average Bonchev–Trinajstić information content (AvgIpc) is 2.86. The summed E-state index contributed by atoms with van der Waals surface area (Å²) in [5.41, 5.74) is 3.23. The Morgan fingerprint density at radius 1 is 1.04 bits per heavy atom. The zero-order valence-electron chi connectivity index (χ0n) is 16.5. The third-order valence-electron chi connectivity index (χ3n) is 8.67. The maximum atomic E-state index is 13.7. The molecule has 4 unspecified atom stereocenters. The van der Waals surface area contributed by atoms with Gasteiger partial charge >= 0.3 is 6.03 Å². The van der Waals surface area contributed by atoms with Crippen LogP contribution in [-0.2, 0) is 11.8 Å². The van der Waals surface area contributed by atoms with Gasteiger partial charge in [0.15, 0.2) is 0 Å². The van der Waals surface area contributed by atoms with Gasteiger partial charge in [0, 0.05) is 30.1 Å². The molecule has 3 aliphatic heterocycles. The summed E-state index contributed by atoms with van der Waals surface area (Å²) in [6.45, 7) is 8.15. The highest BCUT2D eigenvalue weighted by molar-refractivity contribution is 5.77. The lowest BCUT2D eigenvalue weighted by Gasteiger charge is -2.61. The predicted molar refractivity (Wildman–Crippen MR) is 104 cm³/mol. The highest BCUT2D eigenvalue weighted by Crippen LogP contribution is 2.56. The van der Waals surface area contributed by atoms with E-state index in [9.17, 15) is 4.79 Å². The number of urea groups is 1. The van der Waals surface area contributed by atoms with Gasteiger partial charge in [0.25, 0.3) is 0 Å². The van der Waals surface area contributed by atoms with E-state index in [1.54, 1.807) is 0 Å². The molecule has 0 N–H and O–H groups in total. The number of piperidine rings is 2. The molecule has 3 fully saturated rings. The smallest absolute Gasteiger partial charge is 0.320 e. The summed E-state index contributed by atoms with van der Waals surface area (Å²) in [5, 5.41) is 0. The lowest BCUT2D eigenvalue weighted by atomic mass is 9.51. The third kappa shape index (κ3) is 2.03. The number of amides is 2. The van der Waals surface area contributed by atoms with Gasteiger partial charge in [-0.3, -0.25) is 0 Å². The Bertz CT molecular complexity index is 725. The molecule has 1 aliphatic carbocycles. The summed E-state index contributed by atoms with van der Waals surface area (Å²) in [7, 11) is 0. The van der Waals surface area contributed by atoms with Crippen LogP contribution in [0.15, 0.2) is 24.3 Å². The van der Waals surface area contributed by atoms with Crippen LogP contribution in [0, 0.1) is 5.41 Å². The van der Waals surface area contributed by atoms with Gasteiger partial charge in [-0.15, -0.1) is 0 Å². The quantitative estimate of drug-likeness (QED) is 0.662. The van der Waals surface area contributed by atoms with Crippen molar-refractivity contribution in [1.82, 2.24) is 9.80 Å². The van der Waals surface area contributed by atoms with Crippen LogP contribution in [0.1, 0.15) is 70.4 Å². The summed E-state index contributed by atoms with van der Waals surface area (Å²) >= 11 is 0. The van der Waals surface area contributed by atoms with Gasteiger partial charge in [-0.25, -0.2) is 4.79 Å². The summed E-state index contributed by atoms with van der Waals surface area (Å²) in [6, 6.07) is 10.6. The van der Waals surface area contributed by atoms with Crippen molar-refractivity contribution >= 4 is 6.03 Å². The Hall–Kier alpha value is -1.51. The fourth-order valence-corrected chi connectivity index (χ4v) is 6.68. The Morgan fingerprint density at radius 2 is 1.73 bits per heavy atom. The van der Waals surface area contributed by atoms with Crippen molar-refractivity contribution in [1.29, 1.82) is 0 Å². The molecular formula is C23H32N2O. The number of carbonyl (C=O) groups excluding carboxylic acids is 1. The molecule has 140 valence electrons. The zero-order valence-corrected chi connectivity index (χ0v) is 16.5. The number of carbonyl (C=O) groups is 1. The van der Waals surface area contributed by atoms with Gasteiger partial charge in [0.05, 0.1) is 0 Å². The lowest BCUT2D eigenvalue weighted by molar-refractivity contribution is -0.0282. The number of fused-ring (bicyclic) bond motifs is 6. The van der Waals surface area contributed by atoms with Crippen molar-refractivity contribution in [2.45, 2.75) is 89.3 Å². The second-order valence-electron chi connectivity index (χ2n) is 9.88. The molecule has 0 radical (unpaired) electrons. The predicted octanol–water partition coefficient (Wildman–Crippen LogP) is 4.74. The first kappa shape index (κ1) is 16.6. The van der Waals surface area contributed by atoms with Crippen LogP contribution in [0.5, 0.6) is 0 Å². The Labute approximate surface area is 157 Å². The van der Waals surface area contributed by atoms with E-state index in [1.165, 1.54) is 43.2 Å². The molecule has 3 saturated heterocycles. The minimum atomic E-state index is 0.101. The van der Waals surface area contributed by atoms with Crippen LogP contribution in [0.25, 0.3) is 0 Å². The lowest BCUT2D eigenvalue weighted by Crippen LogP contribution is -2.67. The second kappa shape index (κ2) is 5.50. The number of nitrogens with zero attached hydrogens (tertiary/aromatic N) is 2. The third-order valence-corrected chi connectivity index (χ3v) is 8.67. The van der Waals surface area contributed by atoms with E-state index in [4.69, 9.17) is 0 Å². The summed E-state index contributed by atoms with van der Waals surface area (Å²) in [6.07, 6.45) is 8.25. The van der Waals surface area contributed by atoms with Crippen molar-refractivity contribution in [3.63, 3.8) is 0 Å². The largest absolute Gasteiger partial charge is 0.321 e. The normalized spacial score (nSPS) is 37.4. The van der Waals surface area contributed by atoms with E-state index in [2.05, 4.69) is 54.8 Å². The molecule has 4 bridgehead atoms. The van der Waals surface area contributed by atoms with E-state index < -0.39 is 0 Å². The Kier molecular flexibility index (Phi) is 3.52. The molecule has 0 aromatic heterocycles. The average molecular weight is 353 g/mol. The van der Waals surface area contributed by atoms with Crippen LogP contribution >= 0.6 is 0 Å². The standard InChI is InChI=1S/C23H32N2O/c1-22(2)20-15-16-7-4-5-10-19(16)23(22,3)13-14-24(20)21(26)25-17-8-6-9-18(25)12-11-17/h4-5,7,10,17-18,20H,6,8-9,11-15H2,1-3H3.